The van der Waals surface area contributed by atoms with Gasteiger partial charge in [-0.15, -0.1) is 0 Å². The number of benzene rings is 2. The molecule has 2 atom stereocenters. The molecule has 166 valence electrons. The van der Waals surface area contributed by atoms with E-state index in [1.165, 1.54) is 12.1 Å². The molecule has 3 aromatic rings. The molecule has 1 aliphatic heterocycles. The molecule has 1 aliphatic carbocycles. The largest absolute Gasteiger partial charge is 0.486 e. The minimum Gasteiger partial charge on any atom is -0.486 e. The van der Waals surface area contributed by atoms with Crippen molar-refractivity contribution >= 4 is 27.3 Å². The van der Waals surface area contributed by atoms with E-state index in [2.05, 4.69) is 15.1 Å². The number of anilines is 2. The van der Waals surface area contributed by atoms with Gasteiger partial charge in [0.25, 0.3) is 10.0 Å². The van der Waals surface area contributed by atoms with Gasteiger partial charge in [-0.3, -0.25) is 14.2 Å². The number of sulfonamides is 1. The van der Waals surface area contributed by atoms with Gasteiger partial charge in [0.15, 0.2) is 11.5 Å². The molecule has 0 radical (unpaired) electrons. The summed E-state index contributed by atoms with van der Waals surface area (Å²) in [7, 11) is -1.95. The third kappa shape index (κ3) is 4.13. The molecule has 2 heterocycles. The molecule has 0 saturated heterocycles. The van der Waals surface area contributed by atoms with Crippen molar-refractivity contribution in [2.45, 2.75) is 17.2 Å². The van der Waals surface area contributed by atoms with Crippen LogP contribution in [-0.4, -0.2) is 37.3 Å². The molecule has 1 saturated carbocycles. The van der Waals surface area contributed by atoms with Crippen LogP contribution in [0.25, 0.3) is 0 Å². The Hall–Kier alpha value is -3.53. The molecule has 2 aromatic carbocycles. The number of carbonyl (C=O) groups excluding carboxylic acids is 1. The molecule has 10 heteroatoms. The fourth-order valence-electron chi connectivity index (χ4n) is 3.75. The second-order valence-corrected chi connectivity index (χ2v) is 9.56. The lowest BCUT2D eigenvalue weighted by atomic mass is 10.2. The number of aryl methyl sites for hydroxylation is 1. The normalized spacial score (nSPS) is 19.3. The summed E-state index contributed by atoms with van der Waals surface area (Å²) in [4.78, 5) is 12.6. The van der Waals surface area contributed by atoms with Gasteiger partial charge >= 0.3 is 0 Å². The minimum atomic E-state index is -3.80. The Morgan fingerprint density at radius 1 is 1.06 bits per heavy atom. The first-order chi connectivity index (χ1) is 15.4. The van der Waals surface area contributed by atoms with E-state index in [9.17, 15) is 13.2 Å². The fourth-order valence-corrected chi connectivity index (χ4v) is 4.82. The number of amides is 1. The van der Waals surface area contributed by atoms with Crippen molar-refractivity contribution in [3.8, 4) is 11.5 Å². The maximum Gasteiger partial charge on any atom is 0.262 e. The number of nitrogens with one attached hydrogen (secondary N) is 2. The first kappa shape index (κ1) is 20.4. The molecule has 2 aliphatic rings. The Balaban J connectivity index is 1.22. The van der Waals surface area contributed by atoms with E-state index < -0.39 is 10.0 Å². The number of ether oxygens (including phenoxy) is 2. The highest BCUT2D eigenvalue weighted by Gasteiger charge is 2.44. The molecule has 0 bridgehead atoms. The van der Waals surface area contributed by atoms with Crippen LogP contribution < -0.4 is 19.5 Å². The van der Waals surface area contributed by atoms with Gasteiger partial charge in [-0.25, -0.2) is 8.42 Å². The highest BCUT2D eigenvalue weighted by molar-refractivity contribution is 7.92. The number of carbonyl (C=O) groups is 1. The summed E-state index contributed by atoms with van der Waals surface area (Å²) < 4.78 is 40.6. The predicted octanol–water partition coefficient (Wildman–Crippen LogP) is 2.73. The molecule has 5 rings (SSSR count). The summed E-state index contributed by atoms with van der Waals surface area (Å²) in [6.07, 6.45) is 4.52. The lowest BCUT2D eigenvalue weighted by Crippen LogP contribution is -2.17. The van der Waals surface area contributed by atoms with Crippen LogP contribution in [0, 0.1) is 5.92 Å². The zero-order chi connectivity index (χ0) is 22.3. The smallest absolute Gasteiger partial charge is 0.262 e. The molecule has 32 heavy (non-hydrogen) atoms. The molecule has 1 aromatic heterocycles. The van der Waals surface area contributed by atoms with Crippen LogP contribution in [0.5, 0.6) is 11.5 Å². The molecule has 1 fully saturated rings. The minimum absolute atomic E-state index is 0.0523. The van der Waals surface area contributed by atoms with E-state index in [0.717, 1.165) is 12.0 Å². The van der Waals surface area contributed by atoms with Crippen LogP contribution in [0.2, 0.25) is 0 Å². The van der Waals surface area contributed by atoms with Crippen LogP contribution in [0.15, 0.2) is 59.8 Å². The van der Waals surface area contributed by atoms with Crippen molar-refractivity contribution in [2.75, 3.05) is 23.3 Å². The number of hydrogen-bond donors (Lipinski definition) is 2. The maximum atomic E-state index is 12.7. The Morgan fingerprint density at radius 2 is 1.78 bits per heavy atom. The first-order valence-corrected chi connectivity index (χ1v) is 11.7. The first-order valence-electron chi connectivity index (χ1n) is 10.2. The van der Waals surface area contributed by atoms with Gasteiger partial charge in [0.2, 0.25) is 5.91 Å². The molecular weight excluding hydrogens is 432 g/mol. The summed E-state index contributed by atoms with van der Waals surface area (Å²) in [6.45, 7) is 0.812. The third-order valence-electron chi connectivity index (χ3n) is 5.51. The van der Waals surface area contributed by atoms with Gasteiger partial charge < -0.3 is 14.8 Å². The highest BCUT2D eigenvalue weighted by atomic mass is 32.2. The molecule has 0 spiro atoms. The van der Waals surface area contributed by atoms with Gasteiger partial charge in [-0.1, -0.05) is 0 Å². The lowest BCUT2D eigenvalue weighted by molar-refractivity contribution is -0.117. The fraction of sp³-hybridized carbons (Fsp3) is 0.273. The second kappa shape index (κ2) is 7.86. The van der Waals surface area contributed by atoms with Crippen molar-refractivity contribution in [1.29, 1.82) is 0 Å². The molecular formula is C22H22N4O5S. The van der Waals surface area contributed by atoms with Crippen LogP contribution >= 0.6 is 0 Å². The van der Waals surface area contributed by atoms with E-state index in [1.807, 2.05) is 13.2 Å². The quantitative estimate of drug-likeness (QED) is 0.592. The van der Waals surface area contributed by atoms with Crippen LogP contribution in [0.4, 0.5) is 11.4 Å². The monoisotopic (exact) mass is 454 g/mol. The van der Waals surface area contributed by atoms with E-state index in [0.29, 0.717) is 36.1 Å². The number of rotatable bonds is 6. The Morgan fingerprint density at radius 3 is 2.50 bits per heavy atom. The summed E-state index contributed by atoms with van der Waals surface area (Å²) in [5.74, 6) is 0.996. The van der Waals surface area contributed by atoms with Crippen molar-refractivity contribution < 1.29 is 22.7 Å². The van der Waals surface area contributed by atoms with E-state index in [-0.39, 0.29) is 22.6 Å². The van der Waals surface area contributed by atoms with Crippen LogP contribution in [-0.2, 0) is 21.9 Å². The maximum absolute atomic E-state index is 12.7. The average molecular weight is 455 g/mol. The lowest BCUT2D eigenvalue weighted by Gasteiger charge is -2.19. The van der Waals surface area contributed by atoms with Crippen molar-refractivity contribution in [2.24, 2.45) is 13.0 Å². The van der Waals surface area contributed by atoms with Crippen LogP contribution in [0.1, 0.15) is 17.9 Å². The molecule has 2 N–H and O–H groups in total. The number of hydrogen-bond acceptors (Lipinski definition) is 6. The second-order valence-electron chi connectivity index (χ2n) is 7.87. The van der Waals surface area contributed by atoms with Crippen molar-refractivity contribution in [1.82, 2.24) is 9.78 Å². The zero-order valence-corrected chi connectivity index (χ0v) is 18.1. The van der Waals surface area contributed by atoms with Gasteiger partial charge in [0.1, 0.15) is 13.2 Å². The number of aromatic nitrogens is 2. The van der Waals surface area contributed by atoms with Crippen molar-refractivity contribution in [3.63, 3.8) is 0 Å². The van der Waals surface area contributed by atoms with Crippen LogP contribution in [0.3, 0.4) is 0 Å². The highest BCUT2D eigenvalue weighted by Crippen LogP contribution is 2.47. The van der Waals surface area contributed by atoms with E-state index >= 15 is 0 Å². The summed E-state index contributed by atoms with van der Waals surface area (Å²) in [6, 6.07) is 11.0. The predicted molar refractivity (Wildman–Crippen MR) is 117 cm³/mol. The Labute approximate surface area is 185 Å². The molecule has 1 amide bonds. The summed E-state index contributed by atoms with van der Waals surface area (Å²) in [5.41, 5.74) is 2.06. The van der Waals surface area contributed by atoms with Gasteiger partial charge in [0.05, 0.1) is 11.1 Å². The van der Waals surface area contributed by atoms with Gasteiger partial charge in [-0.2, -0.15) is 5.10 Å². The average Bonchev–Trinajstić information content (AvgIpc) is 3.48. The number of nitrogens with zero attached hydrogens (tertiary/aromatic N) is 2. The summed E-state index contributed by atoms with van der Waals surface area (Å²) in [5, 5.41) is 7.05. The Bertz CT molecular complexity index is 1270. The van der Waals surface area contributed by atoms with E-state index in [1.54, 1.807) is 41.2 Å². The topological polar surface area (TPSA) is 112 Å². The standard InChI is InChI=1S/C22H22N4O5S/c1-26-13-14(12-23-26)18-11-19(18)22(27)24-15-2-4-16(5-3-15)25-32(28,29)17-6-7-20-21(10-17)31-9-8-30-20/h2-7,10,12-13,18-19,25H,8-9,11H2,1H3,(H,24,27). The molecule has 2 unspecified atom stereocenters. The third-order valence-corrected chi connectivity index (χ3v) is 6.89. The van der Waals surface area contributed by atoms with Gasteiger partial charge in [0, 0.05) is 36.6 Å². The van der Waals surface area contributed by atoms with Crippen molar-refractivity contribution in [3.05, 3.63) is 60.4 Å². The zero-order valence-electron chi connectivity index (χ0n) is 17.3. The number of fused-ring (bicyclic) bond motifs is 1. The Kier molecular flexibility index (Phi) is 5.01. The summed E-state index contributed by atoms with van der Waals surface area (Å²) >= 11 is 0. The van der Waals surface area contributed by atoms with E-state index in [4.69, 9.17) is 9.47 Å². The molecule has 9 nitrogen and oxygen atoms in total. The SMILES string of the molecule is Cn1cc(C2CC2C(=O)Nc2ccc(NS(=O)(=O)c3ccc4c(c3)OCCO4)cc2)cn1. The van der Waals surface area contributed by atoms with Gasteiger partial charge in [-0.05, 0) is 54.3 Å².